The van der Waals surface area contributed by atoms with E-state index in [-0.39, 0.29) is 37.4 Å². The first kappa shape index (κ1) is 28.9. The fourth-order valence-electron chi connectivity index (χ4n) is 5.80. The Kier molecular flexibility index (Phi) is 10.3. The second-order valence-electron chi connectivity index (χ2n) is 11.0. The fourth-order valence-corrected chi connectivity index (χ4v) is 5.80. The normalized spacial score (nSPS) is 21.3. The molecule has 0 saturated carbocycles. The van der Waals surface area contributed by atoms with E-state index in [0.717, 1.165) is 48.4 Å². The largest absolute Gasteiger partial charge is 0.497 e. The molecule has 2 unspecified atom stereocenters. The van der Waals surface area contributed by atoms with Gasteiger partial charge >= 0.3 is 0 Å². The number of rotatable bonds is 12. The number of hydrogen-bond acceptors (Lipinski definition) is 7. The van der Waals surface area contributed by atoms with E-state index in [0.29, 0.717) is 44.9 Å². The zero-order chi connectivity index (χ0) is 27.8. The van der Waals surface area contributed by atoms with Crippen LogP contribution in [0.2, 0.25) is 0 Å². The Bertz CT molecular complexity index is 1010. The van der Waals surface area contributed by atoms with Gasteiger partial charge < -0.3 is 25.2 Å². The molecule has 3 aliphatic rings. The molecule has 3 heterocycles. The van der Waals surface area contributed by atoms with Gasteiger partial charge in [-0.15, -0.1) is 0 Å². The van der Waals surface area contributed by atoms with Crippen molar-refractivity contribution in [1.29, 1.82) is 0 Å². The van der Waals surface area contributed by atoms with Crippen LogP contribution < -0.4 is 15.4 Å². The molecule has 0 bridgehead atoms. The standard InChI is InChI=1S/C28H42N6O5/c1-31-19-24(34(38)20-31)27(28(37)30-18-22-11-13-29-14-12-22)33(17-16-32-15-3-4-25(32)35)26(36)10-7-21-5-8-23(39-2)9-6-21/h5-6,8-9,22,24,27,29H,3-4,7,10-20H2,1-2H3/p+1. The molecule has 3 amide bonds. The van der Waals surface area contributed by atoms with Gasteiger partial charge in [0.2, 0.25) is 30.4 Å². The van der Waals surface area contributed by atoms with Crippen molar-refractivity contribution in [3.63, 3.8) is 0 Å². The average Bonchev–Trinajstić information content (AvgIpc) is 3.51. The summed E-state index contributed by atoms with van der Waals surface area (Å²) in [7, 11) is 3.45. The van der Waals surface area contributed by atoms with Gasteiger partial charge in [0.15, 0.2) is 6.04 Å². The van der Waals surface area contributed by atoms with Gasteiger partial charge in [-0.25, -0.2) is 4.90 Å². The lowest BCUT2D eigenvalue weighted by Gasteiger charge is -2.33. The van der Waals surface area contributed by atoms with Crippen molar-refractivity contribution in [2.24, 2.45) is 5.92 Å². The number of amides is 3. The molecule has 11 heteroatoms. The predicted octanol–water partition coefficient (Wildman–Crippen LogP) is 0.614. The molecule has 3 saturated heterocycles. The van der Waals surface area contributed by atoms with E-state index >= 15 is 0 Å². The number of nitrogens with zero attached hydrogens (tertiary/aromatic N) is 4. The molecule has 2 N–H and O–H groups in total. The first-order chi connectivity index (χ1) is 18.9. The minimum absolute atomic E-state index is 0.0681. The predicted molar refractivity (Wildman–Crippen MR) is 146 cm³/mol. The summed E-state index contributed by atoms with van der Waals surface area (Å²) >= 11 is 0. The topological polar surface area (TPSA) is 114 Å². The maximum Gasteiger partial charge on any atom is 0.249 e. The molecule has 1 aromatic carbocycles. The van der Waals surface area contributed by atoms with E-state index in [2.05, 4.69) is 10.6 Å². The molecule has 11 nitrogen and oxygen atoms in total. The molecular formula is C28H43N6O5+. The maximum absolute atomic E-state index is 13.8. The van der Waals surface area contributed by atoms with Gasteiger partial charge in [-0.2, -0.15) is 0 Å². The monoisotopic (exact) mass is 543 g/mol. The Hall–Kier alpha value is -3.05. The van der Waals surface area contributed by atoms with E-state index in [1.54, 1.807) is 16.9 Å². The van der Waals surface area contributed by atoms with Crippen molar-refractivity contribution in [3.8, 4) is 5.75 Å². The van der Waals surface area contributed by atoms with Crippen LogP contribution in [0, 0.1) is 10.8 Å². The summed E-state index contributed by atoms with van der Waals surface area (Å²) in [5.41, 5.74) is 0.983. The lowest BCUT2D eigenvalue weighted by Crippen LogP contribution is -2.59. The Morgan fingerprint density at radius 3 is 2.59 bits per heavy atom. The van der Waals surface area contributed by atoms with Crippen LogP contribution >= 0.6 is 0 Å². The quantitative estimate of drug-likeness (QED) is 0.372. The molecule has 3 fully saturated rings. The Morgan fingerprint density at radius 1 is 1.23 bits per heavy atom. The lowest BCUT2D eigenvalue weighted by atomic mass is 9.97. The van der Waals surface area contributed by atoms with Gasteiger partial charge in [-0.05, 0) is 69.4 Å². The minimum Gasteiger partial charge on any atom is -0.497 e. The SMILES string of the molecule is COc1ccc(CCC(=O)N(CCN2CCCC2=O)C(C(=O)NCC2CCNCC2)C2CN(C)C[N+]2=O)cc1. The molecule has 3 aliphatic heterocycles. The number of piperidine rings is 1. The molecule has 0 aromatic heterocycles. The smallest absolute Gasteiger partial charge is 0.249 e. The number of carbonyl (C=O) groups excluding carboxylic acids is 3. The highest BCUT2D eigenvalue weighted by Gasteiger charge is 2.49. The number of aryl methyl sites for hydroxylation is 1. The first-order valence-electron chi connectivity index (χ1n) is 14.2. The molecule has 1 aromatic rings. The Morgan fingerprint density at radius 2 is 1.97 bits per heavy atom. The molecule has 4 rings (SSSR count). The van der Waals surface area contributed by atoms with Crippen LogP contribution in [-0.2, 0) is 20.8 Å². The fraction of sp³-hybridized carbons (Fsp3) is 0.679. The average molecular weight is 544 g/mol. The van der Waals surface area contributed by atoms with Crippen LogP contribution in [0.3, 0.4) is 0 Å². The van der Waals surface area contributed by atoms with Crippen LogP contribution in [0.15, 0.2) is 24.3 Å². The summed E-state index contributed by atoms with van der Waals surface area (Å²) in [6.07, 6.45) is 3.95. The van der Waals surface area contributed by atoms with Crippen LogP contribution in [0.1, 0.15) is 37.7 Å². The number of methoxy groups -OCH3 is 1. The van der Waals surface area contributed by atoms with E-state index in [9.17, 15) is 19.3 Å². The van der Waals surface area contributed by atoms with E-state index in [1.165, 1.54) is 0 Å². The number of ether oxygens (including phenoxy) is 1. The molecule has 2 atom stereocenters. The van der Waals surface area contributed by atoms with Crippen molar-refractivity contribution >= 4 is 17.7 Å². The highest BCUT2D eigenvalue weighted by Crippen LogP contribution is 2.20. The van der Waals surface area contributed by atoms with Crippen LogP contribution in [0.5, 0.6) is 5.75 Å². The Labute approximate surface area is 230 Å². The van der Waals surface area contributed by atoms with Crippen molar-refractivity contribution in [2.75, 3.05) is 66.6 Å². The second-order valence-corrected chi connectivity index (χ2v) is 11.0. The van der Waals surface area contributed by atoms with Crippen molar-refractivity contribution in [1.82, 2.24) is 25.3 Å². The third kappa shape index (κ3) is 7.76. The third-order valence-corrected chi connectivity index (χ3v) is 8.13. The summed E-state index contributed by atoms with van der Waals surface area (Å²) in [6, 6.07) is 5.95. The summed E-state index contributed by atoms with van der Waals surface area (Å²) in [5.74, 6) is 0.696. The molecule has 0 radical (unpaired) electrons. The number of benzene rings is 1. The highest BCUT2D eigenvalue weighted by molar-refractivity contribution is 5.88. The van der Waals surface area contributed by atoms with E-state index in [1.807, 2.05) is 36.2 Å². The van der Waals surface area contributed by atoms with Gasteiger partial charge in [0.1, 0.15) is 5.75 Å². The molecular weight excluding hydrogens is 500 g/mol. The second kappa shape index (κ2) is 13.8. The maximum atomic E-state index is 13.8. The van der Waals surface area contributed by atoms with Crippen LogP contribution in [0.25, 0.3) is 0 Å². The molecule has 214 valence electrons. The Balaban J connectivity index is 1.53. The summed E-state index contributed by atoms with van der Waals surface area (Å²) in [4.78, 5) is 58.1. The lowest BCUT2D eigenvalue weighted by molar-refractivity contribution is -0.573. The summed E-state index contributed by atoms with van der Waals surface area (Å²) in [6.45, 7) is 4.16. The zero-order valence-electron chi connectivity index (χ0n) is 23.3. The van der Waals surface area contributed by atoms with Gasteiger partial charge in [0.05, 0.1) is 13.7 Å². The molecule has 0 aliphatic carbocycles. The molecule has 0 spiro atoms. The number of nitrogens with one attached hydrogen (secondary N) is 2. The van der Waals surface area contributed by atoms with Crippen molar-refractivity contribution < 1.29 is 23.9 Å². The summed E-state index contributed by atoms with van der Waals surface area (Å²) < 4.78 is 6.15. The van der Waals surface area contributed by atoms with E-state index in [4.69, 9.17) is 4.74 Å². The highest BCUT2D eigenvalue weighted by atomic mass is 16.5. The number of likely N-dealkylation sites (N-methyl/N-ethyl adjacent to an activating group) is 1. The van der Waals surface area contributed by atoms with Gasteiger partial charge in [0, 0.05) is 48.7 Å². The van der Waals surface area contributed by atoms with Gasteiger partial charge in [0.25, 0.3) is 0 Å². The first-order valence-corrected chi connectivity index (χ1v) is 14.2. The van der Waals surface area contributed by atoms with Gasteiger partial charge in [-0.1, -0.05) is 12.1 Å². The zero-order valence-corrected chi connectivity index (χ0v) is 23.3. The van der Waals surface area contributed by atoms with E-state index < -0.39 is 12.1 Å². The summed E-state index contributed by atoms with van der Waals surface area (Å²) in [5, 5.41) is 6.42. The molecule has 39 heavy (non-hydrogen) atoms. The van der Waals surface area contributed by atoms with Crippen molar-refractivity contribution in [2.45, 2.75) is 50.6 Å². The number of nitroso groups, excluding NO2 is 1. The van der Waals surface area contributed by atoms with Crippen LogP contribution in [0.4, 0.5) is 0 Å². The van der Waals surface area contributed by atoms with Gasteiger partial charge in [-0.3, -0.25) is 14.4 Å². The number of hydrogen-bond donors (Lipinski definition) is 2. The third-order valence-electron chi connectivity index (χ3n) is 8.13. The van der Waals surface area contributed by atoms with Crippen LogP contribution in [-0.4, -0.2) is 116 Å². The number of carbonyl (C=O) groups is 3. The number of likely N-dealkylation sites (tertiary alicyclic amines) is 1. The van der Waals surface area contributed by atoms with Crippen molar-refractivity contribution in [3.05, 3.63) is 34.7 Å². The minimum atomic E-state index is -0.935.